The third-order valence-corrected chi connectivity index (χ3v) is 3.20. The van der Waals surface area contributed by atoms with Crippen LogP contribution in [-0.2, 0) is 0 Å². The van der Waals surface area contributed by atoms with Crippen molar-refractivity contribution in [2.75, 3.05) is 11.1 Å². The van der Waals surface area contributed by atoms with Crippen LogP contribution in [0, 0.1) is 5.92 Å². The van der Waals surface area contributed by atoms with Crippen LogP contribution in [0.25, 0.3) is 0 Å². The number of carboxylic acids is 1. The van der Waals surface area contributed by atoms with Gasteiger partial charge in [-0.3, -0.25) is 0 Å². The highest BCUT2D eigenvalue weighted by Crippen LogP contribution is 2.41. The van der Waals surface area contributed by atoms with Crippen LogP contribution in [-0.4, -0.2) is 21.6 Å². The Morgan fingerprint density at radius 2 is 2.24 bits per heavy atom. The van der Waals surface area contributed by atoms with Crippen molar-refractivity contribution < 1.29 is 9.90 Å². The van der Waals surface area contributed by atoms with Gasteiger partial charge >= 0.3 is 5.97 Å². The largest absolute Gasteiger partial charge is 0.478 e. The number of aromatic nitrogens is 1. The van der Waals surface area contributed by atoms with E-state index in [1.807, 2.05) is 0 Å². The minimum atomic E-state index is -1.02. The number of hydrogen-bond donors (Lipinski definition) is 3. The van der Waals surface area contributed by atoms with Crippen molar-refractivity contribution in [1.82, 2.24) is 4.98 Å². The van der Waals surface area contributed by atoms with E-state index >= 15 is 0 Å². The highest BCUT2D eigenvalue weighted by atomic mass is 16.4. The molecule has 1 aliphatic rings. The van der Waals surface area contributed by atoms with E-state index in [0.717, 1.165) is 0 Å². The van der Waals surface area contributed by atoms with Crippen molar-refractivity contribution in [1.29, 1.82) is 0 Å². The molecule has 0 saturated heterocycles. The quantitative estimate of drug-likeness (QED) is 0.742. The van der Waals surface area contributed by atoms with E-state index in [1.165, 1.54) is 25.1 Å². The number of carboxylic acid groups (broad SMARTS) is 1. The molecule has 0 aromatic carbocycles. The highest BCUT2D eigenvalue weighted by Gasteiger charge is 2.38. The molecule has 5 heteroatoms. The molecule has 1 heterocycles. The summed E-state index contributed by atoms with van der Waals surface area (Å²) >= 11 is 0. The Hall–Kier alpha value is -1.78. The van der Waals surface area contributed by atoms with Gasteiger partial charge in [0.25, 0.3) is 0 Å². The fourth-order valence-corrected chi connectivity index (χ4v) is 1.92. The molecule has 92 valence electrons. The number of nitrogens with one attached hydrogen (secondary N) is 1. The molecule has 17 heavy (non-hydrogen) atoms. The monoisotopic (exact) mass is 235 g/mol. The van der Waals surface area contributed by atoms with Crippen LogP contribution in [0.1, 0.15) is 37.0 Å². The molecule has 1 fully saturated rings. The summed E-state index contributed by atoms with van der Waals surface area (Å²) < 4.78 is 0. The molecule has 4 N–H and O–H groups in total. The molecule has 0 radical (unpaired) electrons. The Balaban J connectivity index is 2.19. The van der Waals surface area contributed by atoms with Gasteiger partial charge in [0.15, 0.2) is 0 Å². The lowest BCUT2D eigenvalue weighted by molar-refractivity contribution is 0.0696. The van der Waals surface area contributed by atoms with Crippen LogP contribution < -0.4 is 11.1 Å². The van der Waals surface area contributed by atoms with Crippen LogP contribution >= 0.6 is 0 Å². The molecule has 0 amide bonds. The van der Waals surface area contributed by atoms with Gasteiger partial charge in [-0.1, -0.05) is 0 Å². The number of anilines is 2. The molecule has 2 rings (SSSR count). The maximum atomic E-state index is 10.8. The number of nitrogens with two attached hydrogens (primary N) is 1. The van der Waals surface area contributed by atoms with Crippen molar-refractivity contribution in [3.63, 3.8) is 0 Å². The van der Waals surface area contributed by atoms with Gasteiger partial charge in [-0.05, 0) is 38.7 Å². The second-order valence-corrected chi connectivity index (χ2v) is 5.09. The second-order valence-electron chi connectivity index (χ2n) is 5.09. The topological polar surface area (TPSA) is 88.2 Å². The molecular formula is C12H17N3O2. The van der Waals surface area contributed by atoms with Gasteiger partial charge in [-0.25, -0.2) is 9.78 Å². The smallest absolute Gasteiger partial charge is 0.337 e. The van der Waals surface area contributed by atoms with E-state index in [-0.39, 0.29) is 11.1 Å². The van der Waals surface area contributed by atoms with Crippen molar-refractivity contribution in [2.24, 2.45) is 5.92 Å². The molecule has 5 nitrogen and oxygen atoms in total. The van der Waals surface area contributed by atoms with Gasteiger partial charge in [-0.2, -0.15) is 0 Å². The fourth-order valence-electron chi connectivity index (χ4n) is 1.92. The average molecular weight is 235 g/mol. The van der Waals surface area contributed by atoms with Gasteiger partial charge in [0.2, 0.25) is 0 Å². The zero-order valence-electron chi connectivity index (χ0n) is 10.0. The van der Waals surface area contributed by atoms with Gasteiger partial charge in [0.1, 0.15) is 5.82 Å². The van der Waals surface area contributed by atoms with Gasteiger partial charge in [0, 0.05) is 11.7 Å². The van der Waals surface area contributed by atoms with Crippen molar-refractivity contribution in [2.45, 2.75) is 32.2 Å². The maximum absolute atomic E-state index is 10.8. The number of carbonyl (C=O) groups is 1. The van der Waals surface area contributed by atoms with E-state index in [4.69, 9.17) is 10.8 Å². The first kappa shape index (κ1) is 11.7. The molecule has 0 atom stereocenters. The van der Waals surface area contributed by atoms with E-state index in [9.17, 15) is 4.79 Å². The normalized spacial score (nSPS) is 15.6. The summed E-state index contributed by atoms with van der Waals surface area (Å²) in [7, 11) is 0. The predicted molar refractivity (Wildman–Crippen MR) is 66.0 cm³/mol. The summed E-state index contributed by atoms with van der Waals surface area (Å²) in [6.07, 6.45) is 3.75. The van der Waals surface area contributed by atoms with Crippen LogP contribution in [0.4, 0.5) is 11.5 Å². The van der Waals surface area contributed by atoms with Gasteiger partial charge < -0.3 is 16.2 Å². The highest BCUT2D eigenvalue weighted by molar-refractivity contribution is 5.89. The van der Waals surface area contributed by atoms with E-state index < -0.39 is 5.97 Å². The number of nitrogen functional groups attached to an aromatic ring is 1. The van der Waals surface area contributed by atoms with Crippen molar-refractivity contribution >= 4 is 17.5 Å². The molecule has 1 aromatic heterocycles. The molecule has 1 aromatic rings. The predicted octanol–water partition coefficient (Wildman–Crippen LogP) is 1.96. The molecule has 0 spiro atoms. The zero-order valence-corrected chi connectivity index (χ0v) is 10.0. The van der Waals surface area contributed by atoms with Crippen LogP contribution in [0.15, 0.2) is 12.3 Å². The van der Waals surface area contributed by atoms with Crippen molar-refractivity contribution in [3.8, 4) is 0 Å². The summed E-state index contributed by atoms with van der Waals surface area (Å²) in [6, 6.07) is 1.43. The molecule has 0 aliphatic heterocycles. The van der Waals surface area contributed by atoms with E-state index in [2.05, 4.69) is 24.1 Å². The lowest BCUT2D eigenvalue weighted by atomic mass is 9.99. The lowest BCUT2D eigenvalue weighted by Gasteiger charge is -2.27. The minimum absolute atomic E-state index is 0.0497. The summed E-state index contributed by atoms with van der Waals surface area (Å²) in [5.41, 5.74) is 6.23. The summed E-state index contributed by atoms with van der Waals surface area (Å²) in [5.74, 6) is 0.187. The van der Waals surface area contributed by atoms with E-state index in [0.29, 0.717) is 17.4 Å². The summed E-state index contributed by atoms with van der Waals surface area (Å²) in [5, 5.41) is 12.1. The Morgan fingerprint density at radius 1 is 1.59 bits per heavy atom. The molecule has 0 unspecified atom stereocenters. The van der Waals surface area contributed by atoms with Crippen molar-refractivity contribution in [3.05, 3.63) is 17.8 Å². The molecular weight excluding hydrogens is 218 g/mol. The number of nitrogens with zero attached hydrogens (tertiary/aromatic N) is 1. The van der Waals surface area contributed by atoms with Gasteiger partial charge in [0.05, 0.1) is 11.3 Å². The Labute approximate surface area is 100 Å². The number of hydrogen-bond acceptors (Lipinski definition) is 4. The average Bonchev–Trinajstić information content (AvgIpc) is 3.04. The van der Waals surface area contributed by atoms with Crippen LogP contribution in [0.2, 0.25) is 0 Å². The van der Waals surface area contributed by atoms with Gasteiger partial charge in [-0.15, -0.1) is 0 Å². The third-order valence-electron chi connectivity index (χ3n) is 3.20. The first-order valence-electron chi connectivity index (χ1n) is 5.67. The summed E-state index contributed by atoms with van der Waals surface area (Å²) in [6.45, 7) is 4.22. The van der Waals surface area contributed by atoms with Crippen LogP contribution in [0.3, 0.4) is 0 Å². The molecule has 1 aliphatic carbocycles. The SMILES string of the molecule is CC(C)(Nc1ncc(C(=O)O)cc1N)C1CC1. The Bertz CT molecular complexity index is 453. The summed E-state index contributed by atoms with van der Waals surface area (Å²) in [4.78, 5) is 14.8. The maximum Gasteiger partial charge on any atom is 0.337 e. The second kappa shape index (κ2) is 3.91. The Morgan fingerprint density at radius 3 is 2.71 bits per heavy atom. The fraction of sp³-hybridized carbons (Fsp3) is 0.500. The van der Waals surface area contributed by atoms with Crippen LogP contribution in [0.5, 0.6) is 0 Å². The minimum Gasteiger partial charge on any atom is -0.478 e. The standard InChI is InChI=1S/C12H17N3O2/c1-12(2,8-3-4-8)15-10-9(13)5-7(6-14-10)11(16)17/h5-6,8H,3-4,13H2,1-2H3,(H,14,15)(H,16,17). The lowest BCUT2D eigenvalue weighted by Crippen LogP contribution is -2.34. The molecule has 1 saturated carbocycles. The Kier molecular flexibility index (Phi) is 2.69. The number of rotatable bonds is 4. The zero-order chi connectivity index (χ0) is 12.6. The first-order chi connectivity index (χ1) is 7.90. The first-order valence-corrected chi connectivity index (χ1v) is 5.67. The number of pyridine rings is 1. The van der Waals surface area contributed by atoms with E-state index in [1.54, 1.807) is 0 Å². The molecule has 0 bridgehead atoms. The number of aromatic carboxylic acids is 1. The third kappa shape index (κ3) is 2.49.